The first-order chi connectivity index (χ1) is 10.1. The molecule has 1 aromatic heterocycles. The number of hydrogen-bond donors (Lipinski definition) is 1. The van der Waals surface area contributed by atoms with Crippen molar-refractivity contribution in [2.45, 2.75) is 6.04 Å². The topological polar surface area (TPSA) is 93.7 Å². The van der Waals surface area contributed by atoms with Crippen molar-refractivity contribution in [1.29, 1.82) is 0 Å². The van der Waals surface area contributed by atoms with Crippen LogP contribution in [0.25, 0.3) is 5.70 Å². The summed E-state index contributed by atoms with van der Waals surface area (Å²) in [6.07, 6.45) is 6.45. The fraction of sp³-hybridized carbons (Fsp3) is 0.308. The maximum Gasteiger partial charge on any atom is 0.345 e. The van der Waals surface area contributed by atoms with E-state index in [4.69, 9.17) is 10.6 Å². The minimum Gasteiger partial charge on any atom is -0.366 e. The Kier molecular flexibility index (Phi) is 3.22. The molecule has 1 fully saturated rings. The predicted octanol–water partition coefficient (Wildman–Crippen LogP) is 0.0603. The summed E-state index contributed by atoms with van der Waals surface area (Å²) in [5, 5.41) is 5.44. The first-order valence-corrected chi connectivity index (χ1v) is 6.47. The molecular formula is C13H15N5O3. The Labute approximate surface area is 121 Å². The largest absolute Gasteiger partial charge is 0.366 e. The van der Waals surface area contributed by atoms with Gasteiger partial charge in [-0.05, 0) is 6.08 Å². The highest BCUT2D eigenvalue weighted by atomic mass is 16.7. The molecule has 1 atom stereocenters. The monoisotopic (exact) mass is 289 g/mol. The molecule has 1 aromatic rings. The van der Waals surface area contributed by atoms with E-state index >= 15 is 0 Å². The van der Waals surface area contributed by atoms with Gasteiger partial charge in [-0.15, -0.1) is 6.58 Å². The molecule has 21 heavy (non-hydrogen) atoms. The highest BCUT2D eigenvalue weighted by molar-refractivity contribution is 5.92. The summed E-state index contributed by atoms with van der Waals surface area (Å²) in [5.41, 5.74) is 6.34. The van der Waals surface area contributed by atoms with Crippen molar-refractivity contribution in [3.05, 3.63) is 36.7 Å². The number of urea groups is 1. The van der Waals surface area contributed by atoms with E-state index in [1.807, 2.05) is 6.08 Å². The maximum atomic E-state index is 12.1. The summed E-state index contributed by atoms with van der Waals surface area (Å²) >= 11 is 0. The number of carbonyl (C=O) groups is 2. The van der Waals surface area contributed by atoms with Crippen LogP contribution in [-0.4, -0.2) is 57.4 Å². The maximum absolute atomic E-state index is 12.1. The van der Waals surface area contributed by atoms with Gasteiger partial charge in [0, 0.05) is 12.7 Å². The summed E-state index contributed by atoms with van der Waals surface area (Å²) < 4.78 is 1.56. The molecule has 8 nitrogen and oxygen atoms in total. The highest BCUT2D eigenvalue weighted by Gasteiger charge is 2.41. The van der Waals surface area contributed by atoms with Gasteiger partial charge >= 0.3 is 6.03 Å². The number of nitrogens with two attached hydrogens (primary N) is 1. The fourth-order valence-electron chi connectivity index (χ4n) is 2.42. The smallest absolute Gasteiger partial charge is 0.345 e. The molecule has 3 rings (SSSR count). The molecule has 1 saturated heterocycles. The molecule has 0 radical (unpaired) electrons. The van der Waals surface area contributed by atoms with Gasteiger partial charge in [0.25, 0.3) is 5.91 Å². The van der Waals surface area contributed by atoms with Crippen LogP contribution in [0.3, 0.4) is 0 Å². The molecule has 0 spiro atoms. The molecule has 0 aliphatic carbocycles. The van der Waals surface area contributed by atoms with Crippen LogP contribution in [0.5, 0.6) is 0 Å². The lowest BCUT2D eigenvalue weighted by atomic mass is 10.2. The fourth-order valence-corrected chi connectivity index (χ4v) is 2.42. The van der Waals surface area contributed by atoms with Crippen molar-refractivity contribution < 1.29 is 14.4 Å². The summed E-state index contributed by atoms with van der Waals surface area (Å²) in [6, 6.07) is -0.363. The average Bonchev–Trinajstić information content (AvgIpc) is 3.03. The Hall–Kier alpha value is -2.61. The van der Waals surface area contributed by atoms with E-state index in [2.05, 4.69) is 11.7 Å². The minimum absolute atomic E-state index is 0.178. The standard InChI is InChI=1S/C13H15N5O3/c1-2-3-21-18-11-4-10(7-16(8-11)13(18)20)17-6-9(5-15-17)12(14)19/h2,4-6,11H,1,3,7-8H2,(H2,14,19). The van der Waals surface area contributed by atoms with E-state index in [1.165, 1.54) is 11.3 Å². The zero-order chi connectivity index (χ0) is 15.0. The number of primary amides is 1. The van der Waals surface area contributed by atoms with Gasteiger partial charge in [-0.1, -0.05) is 6.08 Å². The number of carbonyl (C=O) groups excluding carboxylic acids is 2. The number of amides is 3. The zero-order valence-electron chi connectivity index (χ0n) is 11.3. The van der Waals surface area contributed by atoms with Crippen molar-refractivity contribution in [3.63, 3.8) is 0 Å². The number of fused-ring (bicyclic) bond motifs is 2. The molecule has 0 saturated carbocycles. The second kappa shape index (κ2) is 5.06. The molecule has 2 aliphatic rings. The van der Waals surface area contributed by atoms with Crippen LogP contribution >= 0.6 is 0 Å². The molecule has 0 aromatic carbocycles. The second-order valence-electron chi connectivity index (χ2n) is 4.84. The minimum atomic E-state index is -0.534. The quantitative estimate of drug-likeness (QED) is 0.776. The highest BCUT2D eigenvalue weighted by Crippen LogP contribution is 2.26. The van der Waals surface area contributed by atoms with Gasteiger partial charge in [0.1, 0.15) is 0 Å². The summed E-state index contributed by atoms with van der Waals surface area (Å²) in [7, 11) is 0. The number of hydrogen-bond acceptors (Lipinski definition) is 4. The third-order valence-electron chi connectivity index (χ3n) is 3.40. The van der Waals surface area contributed by atoms with Gasteiger partial charge in [-0.2, -0.15) is 10.2 Å². The molecule has 2 N–H and O–H groups in total. The molecule has 8 heteroatoms. The van der Waals surface area contributed by atoms with Crippen molar-refractivity contribution in [2.24, 2.45) is 5.73 Å². The third-order valence-corrected chi connectivity index (χ3v) is 3.40. The second-order valence-corrected chi connectivity index (χ2v) is 4.84. The number of hydroxylamine groups is 2. The van der Waals surface area contributed by atoms with E-state index in [0.29, 0.717) is 18.7 Å². The van der Waals surface area contributed by atoms with Crippen molar-refractivity contribution >= 4 is 17.6 Å². The lowest BCUT2D eigenvalue weighted by Gasteiger charge is -2.21. The van der Waals surface area contributed by atoms with Crippen molar-refractivity contribution in [1.82, 2.24) is 19.7 Å². The summed E-state index contributed by atoms with van der Waals surface area (Å²) in [5.74, 6) is -0.534. The first kappa shape index (κ1) is 13.4. The van der Waals surface area contributed by atoms with Crippen molar-refractivity contribution in [2.75, 3.05) is 19.7 Å². The Bertz CT molecular complexity index is 636. The summed E-state index contributed by atoms with van der Waals surface area (Å²) in [4.78, 5) is 30.3. The van der Waals surface area contributed by atoms with Crippen LogP contribution in [0.1, 0.15) is 10.4 Å². The average molecular weight is 289 g/mol. The van der Waals surface area contributed by atoms with E-state index < -0.39 is 5.91 Å². The Balaban J connectivity index is 1.84. The molecule has 1 unspecified atom stereocenters. The van der Waals surface area contributed by atoms with Gasteiger partial charge in [0.05, 0.1) is 36.7 Å². The van der Waals surface area contributed by atoms with Crippen LogP contribution in [-0.2, 0) is 4.84 Å². The van der Waals surface area contributed by atoms with Crippen LogP contribution in [0.4, 0.5) is 4.79 Å². The van der Waals surface area contributed by atoms with Crippen molar-refractivity contribution in [3.8, 4) is 0 Å². The Morgan fingerprint density at radius 3 is 3.10 bits per heavy atom. The predicted molar refractivity (Wildman–Crippen MR) is 73.8 cm³/mol. The number of rotatable bonds is 5. The van der Waals surface area contributed by atoms with Crippen LogP contribution in [0.2, 0.25) is 0 Å². The van der Waals surface area contributed by atoms with Crippen LogP contribution in [0, 0.1) is 0 Å². The van der Waals surface area contributed by atoms with E-state index in [-0.39, 0.29) is 18.7 Å². The molecular weight excluding hydrogens is 274 g/mol. The third kappa shape index (κ3) is 2.29. The Morgan fingerprint density at radius 1 is 1.62 bits per heavy atom. The van der Waals surface area contributed by atoms with Crippen LogP contribution in [0.15, 0.2) is 31.1 Å². The molecule has 2 bridgehead atoms. The summed E-state index contributed by atoms with van der Waals surface area (Å²) in [6.45, 7) is 4.81. The van der Waals surface area contributed by atoms with Gasteiger partial charge in [0.2, 0.25) is 0 Å². The number of aromatic nitrogens is 2. The Morgan fingerprint density at radius 2 is 2.43 bits per heavy atom. The SMILES string of the molecule is C=CCON1C(=O)N2CC(n3cc(C(N)=O)cn3)=CC1C2. The number of nitrogens with zero attached hydrogens (tertiary/aromatic N) is 4. The molecule has 3 amide bonds. The molecule has 3 heterocycles. The zero-order valence-corrected chi connectivity index (χ0v) is 11.3. The van der Waals surface area contributed by atoms with Crippen LogP contribution < -0.4 is 5.73 Å². The van der Waals surface area contributed by atoms with E-state index in [9.17, 15) is 9.59 Å². The first-order valence-electron chi connectivity index (χ1n) is 6.47. The van der Waals surface area contributed by atoms with E-state index in [1.54, 1.807) is 21.9 Å². The molecule has 2 aliphatic heterocycles. The van der Waals surface area contributed by atoms with Gasteiger partial charge < -0.3 is 10.6 Å². The van der Waals surface area contributed by atoms with Gasteiger partial charge in [-0.3, -0.25) is 9.63 Å². The lowest BCUT2D eigenvalue weighted by molar-refractivity contribution is -0.107. The van der Waals surface area contributed by atoms with E-state index in [0.717, 1.165) is 5.70 Å². The van der Waals surface area contributed by atoms with Gasteiger partial charge in [-0.25, -0.2) is 9.48 Å². The van der Waals surface area contributed by atoms with Gasteiger partial charge in [0.15, 0.2) is 0 Å². The lowest BCUT2D eigenvalue weighted by Crippen LogP contribution is -2.33. The normalized spacial score (nSPS) is 20.7. The molecule has 110 valence electrons.